The molecule has 0 spiro atoms. The van der Waals surface area contributed by atoms with Gasteiger partial charge in [-0.15, -0.1) is 0 Å². The van der Waals surface area contributed by atoms with E-state index in [1.165, 1.54) is 0 Å². The van der Waals surface area contributed by atoms with E-state index in [0.717, 1.165) is 49.8 Å². The number of rotatable bonds is 3. The van der Waals surface area contributed by atoms with Crippen LogP contribution in [0.1, 0.15) is 44.0 Å². The number of aromatic nitrogens is 1. The molecular formula is C14H23NO2. The van der Waals surface area contributed by atoms with Crippen LogP contribution in [0.2, 0.25) is 0 Å². The lowest BCUT2D eigenvalue weighted by Crippen LogP contribution is -2.33. The number of hydrogen-bond donors (Lipinski definition) is 0. The molecule has 96 valence electrons. The number of nitrogens with zero attached hydrogens (tertiary/aromatic N) is 1. The maximum absolute atomic E-state index is 5.68. The lowest BCUT2D eigenvalue weighted by Gasteiger charge is -2.38. The summed E-state index contributed by atoms with van der Waals surface area (Å²) in [6, 6.07) is 0. The average Bonchev–Trinajstić information content (AvgIpc) is 2.59. The smallest absolute Gasteiger partial charge is 0.194 e. The molecule has 1 aromatic heterocycles. The summed E-state index contributed by atoms with van der Waals surface area (Å²) < 4.78 is 11.1. The first-order chi connectivity index (χ1) is 8.01. The van der Waals surface area contributed by atoms with Gasteiger partial charge in [0.25, 0.3) is 0 Å². The van der Waals surface area contributed by atoms with Crippen LogP contribution in [0.15, 0.2) is 4.42 Å². The summed E-state index contributed by atoms with van der Waals surface area (Å²) in [7, 11) is 0. The van der Waals surface area contributed by atoms with Gasteiger partial charge in [-0.05, 0) is 38.0 Å². The van der Waals surface area contributed by atoms with Crippen LogP contribution < -0.4 is 0 Å². The predicted molar refractivity (Wildman–Crippen MR) is 67.0 cm³/mol. The topological polar surface area (TPSA) is 35.3 Å². The maximum atomic E-state index is 5.68. The lowest BCUT2D eigenvalue weighted by molar-refractivity contribution is -0.00483. The lowest BCUT2D eigenvalue weighted by atomic mass is 9.71. The van der Waals surface area contributed by atoms with Crippen molar-refractivity contribution in [3.05, 3.63) is 17.3 Å². The molecule has 1 aliphatic heterocycles. The highest BCUT2D eigenvalue weighted by molar-refractivity contribution is 5.06. The highest BCUT2D eigenvalue weighted by atomic mass is 16.5. The molecule has 1 atom stereocenters. The molecule has 0 unspecified atom stereocenters. The van der Waals surface area contributed by atoms with Gasteiger partial charge < -0.3 is 9.15 Å². The van der Waals surface area contributed by atoms with Gasteiger partial charge in [-0.3, -0.25) is 0 Å². The van der Waals surface area contributed by atoms with Crippen molar-refractivity contribution in [1.82, 2.24) is 4.98 Å². The number of hydrogen-bond acceptors (Lipinski definition) is 3. The minimum absolute atomic E-state index is 0.370. The minimum Gasteiger partial charge on any atom is -0.446 e. The molecule has 1 aromatic rings. The fourth-order valence-electron chi connectivity index (χ4n) is 2.47. The van der Waals surface area contributed by atoms with Crippen LogP contribution in [0.3, 0.4) is 0 Å². The molecule has 2 heterocycles. The molecule has 0 N–H and O–H groups in total. The summed E-state index contributed by atoms with van der Waals surface area (Å²) in [5.41, 5.74) is 1.39. The monoisotopic (exact) mass is 237 g/mol. The SMILES string of the molecule is Cc1nc(C[C@@H](C)C2(C)CCOCC2)oc1C. The van der Waals surface area contributed by atoms with Gasteiger partial charge in [0.2, 0.25) is 0 Å². The van der Waals surface area contributed by atoms with Crippen LogP contribution in [0.4, 0.5) is 0 Å². The van der Waals surface area contributed by atoms with Crippen LogP contribution in [-0.2, 0) is 11.2 Å². The van der Waals surface area contributed by atoms with Gasteiger partial charge in [0.05, 0.1) is 5.69 Å². The van der Waals surface area contributed by atoms with E-state index in [-0.39, 0.29) is 0 Å². The first-order valence-electron chi connectivity index (χ1n) is 6.52. The fourth-order valence-corrected chi connectivity index (χ4v) is 2.47. The zero-order valence-electron chi connectivity index (χ0n) is 11.4. The molecular weight excluding hydrogens is 214 g/mol. The van der Waals surface area contributed by atoms with Crippen molar-refractivity contribution in [2.75, 3.05) is 13.2 Å². The van der Waals surface area contributed by atoms with Crippen LogP contribution in [0, 0.1) is 25.2 Å². The third-order valence-corrected chi connectivity index (χ3v) is 4.38. The zero-order chi connectivity index (χ0) is 12.5. The van der Waals surface area contributed by atoms with Crippen LogP contribution in [-0.4, -0.2) is 18.2 Å². The summed E-state index contributed by atoms with van der Waals surface area (Å²) in [6.45, 7) is 10.4. The molecule has 3 nitrogen and oxygen atoms in total. The molecule has 3 heteroatoms. The first-order valence-corrected chi connectivity index (χ1v) is 6.52. The summed E-state index contributed by atoms with van der Waals surface area (Å²) in [5, 5.41) is 0. The van der Waals surface area contributed by atoms with Crippen molar-refractivity contribution in [3.63, 3.8) is 0 Å². The maximum Gasteiger partial charge on any atom is 0.194 e. The Hall–Kier alpha value is -0.830. The van der Waals surface area contributed by atoms with Crippen molar-refractivity contribution < 1.29 is 9.15 Å². The van der Waals surface area contributed by atoms with E-state index in [1.54, 1.807) is 0 Å². The van der Waals surface area contributed by atoms with Gasteiger partial charge in [-0.1, -0.05) is 13.8 Å². The van der Waals surface area contributed by atoms with Gasteiger partial charge >= 0.3 is 0 Å². The molecule has 0 aromatic carbocycles. The van der Waals surface area contributed by atoms with E-state index in [2.05, 4.69) is 18.8 Å². The van der Waals surface area contributed by atoms with Gasteiger partial charge in [-0.25, -0.2) is 4.98 Å². The van der Waals surface area contributed by atoms with E-state index >= 15 is 0 Å². The second kappa shape index (κ2) is 4.81. The van der Waals surface area contributed by atoms with Gasteiger partial charge in [-0.2, -0.15) is 0 Å². The van der Waals surface area contributed by atoms with Gasteiger partial charge in [0, 0.05) is 19.6 Å². The largest absolute Gasteiger partial charge is 0.446 e. The van der Waals surface area contributed by atoms with E-state index < -0.39 is 0 Å². The Morgan fingerprint density at radius 3 is 2.47 bits per heavy atom. The van der Waals surface area contributed by atoms with Crippen molar-refractivity contribution in [1.29, 1.82) is 0 Å². The Morgan fingerprint density at radius 1 is 1.29 bits per heavy atom. The van der Waals surface area contributed by atoms with Crippen molar-refractivity contribution >= 4 is 0 Å². The standard InChI is InChI=1S/C14H23NO2/c1-10(14(4)5-7-16-8-6-14)9-13-15-11(2)12(3)17-13/h10H,5-9H2,1-4H3/t10-/m1/s1. The average molecular weight is 237 g/mol. The third kappa shape index (κ3) is 2.71. The molecule has 1 aliphatic rings. The molecule has 17 heavy (non-hydrogen) atoms. The second-order valence-corrected chi connectivity index (χ2v) is 5.62. The Balaban J connectivity index is 2.02. The Labute approximate surface area is 104 Å². The quantitative estimate of drug-likeness (QED) is 0.809. The molecule has 0 radical (unpaired) electrons. The van der Waals surface area contributed by atoms with E-state index in [1.807, 2.05) is 13.8 Å². The van der Waals surface area contributed by atoms with E-state index in [9.17, 15) is 0 Å². The fraction of sp³-hybridized carbons (Fsp3) is 0.786. The molecule has 0 amide bonds. The minimum atomic E-state index is 0.370. The van der Waals surface area contributed by atoms with Crippen molar-refractivity contribution in [2.24, 2.45) is 11.3 Å². The van der Waals surface area contributed by atoms with Crippen LogP contribution in [0.25, 0.3) is 0 Å². The van der Waals surface area contributed by atoms with Crippen molar-refractivity contribution in [2.45, 2.75) is 47.0 Å². The summed E-state index contributed by atoms with van der Waals surface area (Å²) in [6.07, 6.45) is 3.23. The molecule has 1 saturated heterocycles. The van der Waals surface area contributed by atoms with Crippen LogP contribution in [0.5, 0.6) is 0 Å². The number of ether oxygens (including phenoxy) is 1. The third-order valence-electron chi connectivity index (χ3n) is 4.38. The first kappa shape index (κ1) is 12.6. The van der Waals surface area contributed by atoms with Crippen molar-refractivity contribution in [3.8, 4) is 0 Å². The Morgan fingerprint density at radius 2 is 1.94 bits per heavy atom. The van der Waals surface area contributed by atoms with E-state index in [0.29, 0.717) is 11.3 Å². The van der Waals surface area contributed by atoms with Gasteiger partial charge in [0.15, 0.2) is 5.89 Å². The molecule has 1 fully saturated rings. The molecule has 0 saturated carbocycles. The van der Waals surface area contributed by atoms with Gasteiger partial charge in [0.1, 0.15) is 5.76 Å². The summed E-state index contributed by atoms with van der Waals surface area (Å²) in [5.74, 6) is 2.42. The highest BCUT2D eigenvalue weighted by Gasteiger charge is 2.34. The zero-order valence-corrected chi connectivity index (χ0v) is 11.4. The predicted octanol–water partition coefficient (Wildman–Crippen LogP) is 3.29. The molecule has 2 rings (SSSR count). The van der Waals surface area contributed by atoms with E-state index in [4.69, 9.17) is 9.15 Å². The normalized spacial score (nSPS) is 21.4. The highest BCUT2D eigenvalue weighted by Crippen LogP contribution is 2.39. The molecule has 0 aliphatic carbocycles. The summed E-state index contributed by atoms with van der Waals surface area (Å²) >= 11 is 0. The number of aryl methyl sites for hydroxylation is 2. The Bertz CT molecular complexity index is 358. The second-order valence-electron chi connectivity index (χ2n) is 5.62. The Kier molecular flexibility index (Phi) is 3.57. The molecule has 0 bridgehead atoms. The summed E-state index contributed by atoms with van der Waals surface area (Å²) in [4.78, 5) is 4.48. The number of oxazole rings is 1. The van der Waals surface area contributed by atoms with Crippen LogP contribution >= 0.6 is 0 Å².